The molecule has 1 aromatic rings. The summed E-state index contributed by atoms with van der Waals surface area (Å²) in [6.45, 7) is 4.30. The zero-order chi connectivity index (χ0) is 13.8. The molecule has 0 radical (unpaired) electrons. The summed E-state index contributed by atoms with van der Waals surface area (Å²) in [4.78, 5) is 12.7. The van der Waals surface area contributed by atoms with Crippen LogP contribution in [0.4, 0.5) is 5.69 Å². The fraction of sp³-hybridized carbons (Fsp3) is 0.571. The minimum absolute atomic E-state index is 0.155. The molecule has 0 aromatic heterocycles. The van der Waals surface area contributed by atoms with Gasteiger partial charge in [-0.15, -0.1) is 0 Å². The molecule has 1 saturated heterocycles. The molecule has 0 aliphatic carbocycles. The molecule has 1 aliphatic heterocycles. The molecule has 5 heteroatoms. The van der Waals surface area contributed by atoms with Crippen molar-refractivity contribution in [1.82, 2.24) is 10.2 Å². The Morgan fingerprint density at radius 3 is 2.68 bits per heavy atom. The number of nitrogens with one attached hydrogen (secondary N) is 1. The molecular weight excluding hydrogens is 242 g/mol. The van der Waals surface area contributed by atoms with Gasteiger partial charge in [-0.25, -0.2) is 0 Å². The van der Waals surface area contributed by atoms with Gasteiger partial charge in [0, 0.05) is 30.8 Å². The van der Waals surface area contributed by atoms with Gasteiger partial charge in [0.05, 0.1) is 4.92 Å². The summed E-state index contributed by atoms with van der Waals surface area (Å²) in [7, 11) is 2.00. The highest BCUT2D eigenvalue weighted by atomic mass is 16.6. The van der Waals surface area contributed by atoms with Crippen molar-refractivity contribution in [2.45, 2.75) is 31.8 Å². The number of non-ortho nitro benzene ring substituents is 1. The van der Waals surface area contributed by atoms with Crippen molar-refractivity contribution in [3.63, 3.8) is 0 Å². The topological polar surface area (TPSA) is 58.4 Å². The molecule has 0 amide bonds. The van der Waals surface area contributed by atoms with Gasteiger partial charge in [-0.2, -0.15) is 0 Å². The number of piperidine rings is 1. The van der Waals surface area contributed by atoms with Crippen molar-refractivity contribution in [2.24, 2.45) is 0 Å². The van der Waals surface area contributed by atoms with E-state index in [0.717, 1.165) is 18.7 Å². The second-order valence-corrected chi connectivity index (χ2v) is 5.15. The Kier molecular flexibility index (Phi) is 4.50. The average molecular weight is 263 g/mol. The van der Waals surface area contributed by atoms with Crippen LogP contribution in [0.15, 0.2) is 24.3 Å². The molecule has 0 saturated carbocycles. The Balaban J connectivity index is 2.06. The van der Waals surface area contributed by atoms with E-state index in [2.05, 4.69) is 17.1 Å². The maximum atomic E-state index is 10.7. The van der Waals surface area contributed by atoms with Crippen LogP contribution in [0.1, 0.15) is 31.4 Å². The van der Waals surface area contributed by atoms with E-state index in [0.29, 0.717) is 12.1 Å². The zero-order valence-electron chi connectivity index (χ0n) is 11.5. The van der Waals surface area contributed by atoms with Crippen LogP contribution >= 0.6 is 0 Å². The number of nitro groups is 1. The number of nitrogens with zero attached hydrogens (tertiary/aromatic N) is 2. The van der Waals surface area contributed by atoms with Crippen molar-refractivity contribution in [3.8, 4) is 0 Å². The van der Waals surface area contributed by atoms with E-state index in [1.807, 2.05) is 19.2 Å². The molecular formula is C14H21N3O2. The monoisotopic (exact) mass is 263 g/mol. The van der Waals surface area contributed by atoms with Gasteiger partial charge in [-0.05, 0) is 38.9 Å². The van der Waals surface area contributed by atoms with Crippen molar-refractivity contribution in [2.75, 3.05) is 20.1 Å². The van der Waals surface area contributed by atoms with E-state index in [-0.39, 0.29) is 10.6 Å². The van der Waals surface area contributed by atoms with Crippen LogP contribution in [-0.2, 0) is 0 Å². The summed E-state index contributed by atoms with van der Waals surface area (Å²) in [6.07, 6.45) is 2.42. The van der Waals surface area contributed by atoms with Crippen molar-refractivity contribution >= 4 is 5.69 Å². The van der Waals surface area contributed by atoms with Gasteiger partial charge >= 0.3 is 0 Å². The molecule has 1 fully saturated rings. The molecule has 2 rings (SSSR count). The van der Waals surface area contributed by atoms with Crippen LogP contribution in [-0.4, -0.2) is 36.0 Å². The van der Waals surface area contributed by atoms with Crippen LogP contribution in [0.3, 0.4) is 0 Å². The summed E-state index contributed by atoms with van der Waals surface area (Å²) in [5.74, 6) is 0. The van der Waals surface area contributed by atoms with Gasteiger partial charge < -0.3 is 5.32 Å². The minimum Gasteiger partial charge on any atom is -0.316 e. The van der Waals surface area contributed by atoms with E-state index in [4.69, 9.17) is 0 Å². The lowest BCUT2D eigenvalue weighted by Crippen LogP contribution is -2.45. The number of rotatable bonds is 4. The van der Waals surface area contributed by atoms with Gasteiger partial charge in [-0.3, -0.25) is 15.0 Å². The van der Waals surface area contributed by atoms with Crippen molar-refractivity contribution in [1.29, 1.82) is 0 Å². The quantitative estimate of drug-likeness (QED) is 0.669. The van der Waals surface area contributed by atoms with E-state index < -0.39 is 0 Å². The normalized spacial score (nSPS) is 22.1. The number of likely N-dealkylation sites (tertiary alicyclic amines) is 1. The zero-order valence-corrected chi connectivity index (χ0v) is 11.5. The first-order valence-electron chi connectivity index (χ1n) is 6.77. The van der Waals surface area contributed by atoms with E-state index >= 15 is 0 Å². The molecule has 5 nitrogen and oxygen atoms in total. The lowest BCUT2D eigenvalue weighted by atomic mass is 10.0. The Morgan fingerprint density at radius 2 is 2.11 bits per heavy atom. The number of likely N-dealkylation sites (N-methyl/N-ethyl adjacent to an activating group) is 1. The molecule has 1 aromatic carbocycles. The van der Waals surface area contributed by atoms with E-state index in [9.17, 15) is 10.1 Å². The lowest BCUT2D eigenvalue weighted by Gasteiger charge is -2.36. The number of hydrogen-bond acceptors (Lipinski definition) is 4. The van der Waals surface area contributed by atoms with Gasteiger partial charge in [0.1, 0.15) is 0 Å². The van der Waals surface area contributed by atoms with Crippen molar-refractivity contribution < 1.29 is 4.92 Å². The largest absolute Gasteiger partial charge is 0.316 e. The lowest BCUT2D eigenvalue weighted by molar-refractivity contribution is -0.384. The third-order valence-corrected chi connectivity index (χ3v) is 4.00. The highest BCUT2D eigenvalue weighted by Crippen LogP contribution is 2.25. The Morgan fingerprint density at radius 1 is 1.42 bits per heavy atom. The number of benzene rings is 1. The molecule has 104 valence electrons. The first-order valence-corrected chi connectivity index (χ1v) is 6.77. The molecule has 0 bridgehead atoms. The second-order valence-electron chi connectivity index (χ2n) is 5.15. The van der Waals surface area contributed by atoms with Gasteiger partial charge in [-0.1, -0.05) is 12.1 Å². The second kappa shape index (κ2) is 6.12. The minimum atomic E-state index is -0.355. The fourth-order valence-electron chi connectivity index (χ4n) is 2.68. The van der Waals surface area contributed by atoms with Crippen LogP contribution < -0.4 is 5.32 Å². The summed E-state index contributed by atoms with van der Waals surface area (Å²) in [5.41, 5.74) is 1.30. The number of hydrogen-bond donors (Lipinski definition) is 1. The predicted molar refractivity (Wildman–Crippen MR) is 75.2 cm³/mol. The van der Waals surface area contributed by atoms with Gasteiger partial charge in [0.2, 0.25) is 0 Å². The summed E-state index contributed by atoms with van der Waals surface area (Å²) in [5, 5.41) is 14.0. The van der Waals surface area contributed by atoms with E-state index in [1.165, 1.54) is 12.8 Å². The highest BCUT2D eigenvalue weighted by molar-refractivity contribution is 5.34. The maximum Gasteiger partial charge on any atom is 0.269 e. The Hall–Kier alpha value is -1.46. The standard InChI is InChI=1S/C14H21N3O2/c1-11(16-9-3-4-13(10-16)15-2)12-5-7-14(8-6-12)17(18)19/h5-8,11,13,15H,3-4,9-10H2,1-2H3. The number of nitro benzene ring substituents is 1. The predicted octanol–water partition coefficient (Wildman–Crippen LogP) is 2.34. The Bertz CT molecular complexity index is 433. The van der Waals surface area contributed by atoms with E-state index in [1.54, 1.807) is 12.1 Å². The third-order valence-electron chi connectivity index (χ3n) is 4.00. The summed E-state index contributed by atoms with van der Waals surface area (Å²) < 4.78 is 0. The van der Waals surface area contributed by atoms with Crippen molar-refractivity contribution in [3.05, 3.63) is 39.9 Å². The van der Waals surface area contributed by atoms with Gasteiger partial charge in [0.15, 0.2) is 0 Å². The molecule has 2 atom stereocenters. The van der Waals surface area contributed by atoms with Crippen LogP contribution in [0.25, 0.3) is 0 Å². The fourth-order valence-corrected chi connectivity index (χ4v) is 2.68. The molecule has 1 aliphatic rings. The SMILES string of the molecule is CNC1CCCN(C(C)c2ccc([N+](=O)[O-])cc2)C1. The van der Waals surface area contributed by atoms with Crippen LogP contribution in [0, 0.1) is 10.1 Å². The highest BCUT2D eigenvalue weighted by Gasteiger charge is 2.23. The first kappa shape index (κ1) is 14.0. The average Bonchev–Trinajstić information content (AvgIpc) is 2.46. The molecule has 2 unspecified atom stereocenters. The smallest absolute Gasteiger partial charge is 0.269 e. The molecule has 19 heavy (non-hydrogen) atoms. The first-order chi connectivity index (χ1) is 9.11. The summed E-state index contributed by atoms with van der Waals surface area (Å²) >= 11 is 0. The van der Waals surface area contributed by atoms with Gasteiger partial charge in [0.25, 0.3) is 5.69 Å². The molecule has 0 spiro atoms. The third kappa shape index (κ3) is 3.30. The summed E-state index contributed by atoms with van der Waals surface area (Å²) in [6, 6.07) is 7.76. The maximum absolute atomic E-state index is 10.7. The molecule has 1 N–H and O–H groups in total. The van der Waals surface area contributed by atoms with Crippen LogP contribution in [0.5, 0.6) is 0 Å². The molecule has 1 heterocycles. The van der Waals surface area contributed by atoms with Crippen LogP contribution in [0.2, 0.25) is 0 Å². The Labute approximate surface area is 113 Å².